The molecule has 0 amide bonds. The summed E-state index contributed by atoms with van der Waals surface area (Å²) in [5, 5.41) is 3.45. The minimum Gasteiger partial charge on any atom is -0.497 e. The van der Waals surface area contributed by atoms with E-state index in [9.17, 15) is 0 Å². The second-order valence-corrected chi connectivity index (χ2v) is 6.37. The number of methoxy groups -OCH3 is 1. The molecule has 2 aromatic rings. The van der Waals surface area contributed by atoms with E-state index in [0.29, 0.717) is 6.04 Å². The molecule has 0 aliphatic carbocycles. The highest BCUT2D eigenvalue weighted by Crippen LogP contribution is 2.24. The molecule has 0 saturated heterocycles. The summed E-state index contributed by atoms with van der Waals surface area (Å²) < 4.78 is 5.18. The molecular weight excluding hydrogens is 278 g/mol. The molecule has 0 saturated carbocycles. The predicted molar refractivity (Wildman–Crippen MR) is 91.0 cm³/mol. The number of benzene rings is 2. The zero-order valence-corrected chi connectivity index (χ0v) is 13.7. The van der Waals surface area contributed by atoms with Crippen LogP contribution >= 0.6 is 11.8 Å². The van der Waals surface area contributed by atoms with Crippen LogP contribution in [0.2, 0.25) is 0 Å². The monoisotopic (exact) mass is 301 g/mol. The van der Waals surface area contributed by atoms with Gasteiger partial charge in [0.15, 0.2) is 0 Å². The van der Waals surface area contributed by atoms with E-state index >= 15 is 0 Å². The molecule has 0 heterocycles. The van der Waals surface area contributed by atoms with E-state index in [4.69, 9.17) is 4.74 Å². The second kappa shape index (κ2) is 8.11. The van der Waals surface area contributed by atoms with Crippen molar-refractivity contribution in [3.63, 3.8) is 0 Å². The van der Waals surface area contributed by atoms with Gasteiger partial charge in [0.1, 0.15) is 5.75 Å². The number of nitrogens with one attached hydrogen (secondary N) is 1. The normalized spacial score (nSPS) is 10.9. The molecule has 0 aliphatic heterocycles. The molecule has 2 rings (SSSR count). The van der Waals surface area contributed by atoms with Crippen LogP contribution < -0.4 is 10.1 Å². The third-order valence-electron chi connectivity index (χ3n) is 3.18. The van der Waals surface area contributed by atoms with Crippen molar-refractivity contribution in [2.45, 2.75) is 37.1 Å². The van der Waals surface area contributed by atoms with E-state index in [1.54, 1.807) is 7.11 Å². The van der Waals surface area contributed by atoms with Gasteiger partial charge in [0.05, 0.1) is 7.11 Å². The lowest BCUT2D eigenvalue weighted by Crippen LogP contribution is -2.21. The second-order valence-electron chi connectivity index (χ2n) is 5.32. The Morgan fingerprint density at radius 2 is 1.81 bits per heavy atom. The quantitative estimate of drug-likeness (QED) is 0.762. The molecular formula is C18H23NOS. The third kappa shape index (κ3) is 5.44. The van der Waals surface area contributed by atoms with E-state index in [1.165, 1.54) is 16.0 Å². The zero-order chi connectivity index (χ0) is 15.1. The van der Waals surface area contributed by atoms with Crippen molar-refractivity contribution in [3.8, 4) is 5.75 Å². The van der Waals surface area contributed by atoms with Gasteiger partial charge in [0, 0.05) is 23.2 Å². The van der Waals surface area contributed by atoms with Crippen LogP contribution in [0.15, 0.2) is 53.4 Å². The molecule has 1 N–H and O–H groups in total. The number of hydrogen-bond acceptors (Lipinski definition) is 3. The number of rotatable bonds is 7. The molecule has 0 fully saturated rings. The van der Waals surface area contributed by atoms with Crippen LogP contribution in [0, 0.1) is 0 Å². The average Bonchev–Trinajstić information content (AvgIpc) is 2.52. The maximum absolute atomic E-state index is 5.18. The zero-order valence-electron chi connectivity index (χ0n) is 12.9. The van der Waals surface area contributed by atoms with Crippen LogP contribution in [0.5, 0.6) is 5.75 Å². The Balaban J connectivity index is 1.91. The van der Waals surface area contributed by atoms with E-state index in [1.807, 2.05) is 23.9 Å². The van der Waals surface area contributed by atoms with Gasteiger partial charge in [-0.2, -0.15) is 0 Å². The first kappa shape index (κ1) is 15.9. The van der Waals surface area contributed by atoms with E-state index in [0.717, 1.165) is 18.0 Å². The van der Waals surface area contributed by atoms with Crippen molar-refractivity contribution >= 4 is 11.8 Å². The van der Waals surface area contributed by atoms with E-state index in [-0.39, 0.29) is 0 Å². The summed E-state index contributed by atoms with van der Waals surface area (Å²) >= 11 is 1.87. The molecule has 0 aromatic heterocycles. The summed E-state index contributed by atoms with van der Waals surface area (Å²) in [4.78, 5) is 1.31. The van der Waals surface area contributed by atoms with Gasteiger partial charge in [-0.3, -0.25) is 0 Å². The molecule has 0 atom stereocenters. The molecule has 112 valence electrons. The molecule has 0 unspecified atom stereocenters. The van der Waals surface area contributed by atoms with E-state index in [2.05, 4.69) is 55.6 Å². The maximum Gasteiger partial charge on any atom is 0.118 e. The Hall–Kier alpha value is -1.45. The lowest BCUT2D eigenvalue weighted by molar-refractivity contribution is 0.414. The lowest BCUT2D eigenvalue weighted by Gasteiger charge is -2.09. The van der Waals surface area contributed by atoms with Crippen molar-refractivity contribution in [1.29, 1.82) is 0 Å². The summed E-state index contributed by atoms with van der Waals surface area (Å²) in [6.45, 7) is 5.26. The molecule has 2 aromatic carbocycles. The Kier molecular flexibility index (Phi) is 6.15. The van der Waals surface area contributed by atoms with Gasteiger partial charge >= 0.3 is 0 Å². The molecule has 0 bridgehead atoms. The fourth-order valence-corrected chi connectivity index (χ4v) is 2.89. The van der Waals surface area contributed by atoms with Gasteiger partial charge in [-0.25, -0.2) is 0 Å². The Morgan fingerprint density at radius 3 is 2.48 bits per heavy atom. The minimum absolute atomic E-state index is 0.514. The molecule has 3 heteroatoms. The summed E-state index contributed by atoms with van der Waals surface area (Å²) in [6, 6.07) is 17.5. The van der Waals surface area contributed by atoms with Crippen LogP contribution in [-0.4, -0.2) is 13.2 Å². The summed E-state index contributed by atoms with van der Waals surface area (Å²) in [5.41, 5.74) is 2.65. The van der Waals surface area contributed by atoms with Gasteiger partial charge in [-0.15, -0.1) is 11.8 Å². The Labute approximate surface area is 131 Å². The predicted octanol–water partition coefficient (Wildman–Crippen LogP) is 4.49. The molecule has 0 aliphatic rings. The molecule has 21 heavy (non-hydrogen) atoms. The fourth-order valence-electron chi connectivity index (χ4n) is 1.96. The fraction of sp³-hybridized carbons (Fsp3) is 0.333. The highest BCUT2D eigenvalue weighted by molar-refractivity contribution is 7.98. The Morgan fingerprint density at radius 1 is 1.05 bits per heavy atom. The van der Waals surface area contributed by atoms with Gasteiger partial charge in [0.2, 0.25) is 0 Å². The van der Waals surface area contributed by atoms with Crippen LogP contribution in [0.4, 0.5) is 0 Å². The van der Waals surface area contributed by atoms with Crippen molar-refractivity contribution in [3.05, 3.63) is 59.7 Å². The van der Waals surface area contributed by atoms with Crippen LogP contribution in [-0.2, 0) is 12.3 Å². The molecule has 0 spiro atoms. The topological polar surface area (TPSA) is 21.3 Å². The lowest BCUT2D eigenvalue weighted by atomic mass is 10.2. The minimum atomic E-state index is 0.514. The highest BCUT2D eigenvalue weighted by atomic mass is 32.2. The molecule has 2 nitrogen and oxygen atoms in total. The van der Waals surface area contributed by atoms with Gasteiger partial charge in [-0.05, 0) is 35.4 Å². The van der Waals surface area contributed by atoms with Gasteiger partial charge in [0.25, 0.3) is 0 Å². The van der Waals surface area contributed by atoms with Crippen molar-refractivity contribution in [2.75, 3.05) is 7.11 Å². The first-order chi connectivity index (χ1) is 10.2. The van der Waals surface area contributed by atoms with Crippen molar-refractivity contribution in [2.24, 2.45) is 0 Å². The third-order valence-corrected chi connectivity index (χ3v) is 4.24. The number of ether oxygens (including phenoxy) is 1. The number of thioether (sulfide) groups is 1. The summed E-state index contributed by atoms with van der Waals surface area (Å²) in [7, 11) is 1.69. The molecule has 0 radical (unpaired) electrons. The standard InChI is InChI=1S/C18H23NOS/c1-14(2)19-12-16-5-4-6-18(11-16)21-13-15-7-9-17(20-3)10-8-15/h4-11,14,19H,12-13H2,1-3H3. The first-order valence-electron chi connectivity index (χ1n) is 7.25. The van der Waals surface area contributed by atoms with Crippen LogP contribution in [0.3, 0.4) is 0 Å². The number of hydrogen-bond donors (Lipinski definition) is 1. The maximum atomic E-state index is 5.18. The summed E-state index contributed by atoms with van der Waals surface area (Å²) in [5.74, 6) is 1.89. The Bertz CT molecular complexity index is 551. The van der Waals surface area contributed by atoms with Gasteiger partial charge in [-0.1, -0.05) is 38.1 Å². The van der Waals surface area contributed by atoms with E-state index < -0.39 is 0 Å². The van der Waals surface area contributed by atoms with Crippen LogP contribution in [0.25, 0.3) is 0 Å². The van der Waals surface area contributed by atoms with Crippen molar-refractivity contribution in [1.82, 2.24) is 5.32 Å². The largest absolute Gasteiger partial charge is 0.497 e. The highest BCUT2D eigenvalue weighted by Gasteiger charge is 2.00. The average molecular weight is 301 g/mol. The van der Waals surface area contributed by atoms with Gasteiger partial charge < -0.3 is 10.1 Å². The van der Waals surface area contributed by atoms with Crippen molar-refractivity contribution < 1.29 is 4.74 Å². The SMILES string of the molecule is COc1ccc(CSc2cccc(CNC(C)C)c2)cc1. The van der Waals surface area contributed by atoms with Crippen LogP contribution in [0.1, 0.15) is 25.0 Å². The first-order valence-corrected chi connectivity index (χ1v) is 8.24. The smallest absolute Gasteiger partial charge is 0.118 e. The summed E-state index contributed by atoms with van der Waals surface area (Å²) in [6.07, 6.45) is 0.